The monoisotopic (exact) mass is 435 g/mol. The summed E-state index contributed by atoms with van der Waals surface area (Å²) in [6, 6.07) is 22.6. The Hall–Kier alpha value is -3.28. The van der Waals surface area contributed by atoms with Crippen molar-refractivity contribution in [3.8, 4) is 11.5 Å². The number of nitrogens with one attached hydrogen (secondary N) is 3. The summed E-state index contributed by atoms with van der Waals surface area (Å²) in [5.41, 5.74) is 3.61. The highest BCUT2D eigenvalue weighted by atomic mass is 35.5. The van der Waals surface area contributed by atoms with E-state index in [4.69, 9.17) is 16.3 Å². The van der Waals surface area contributed by atoms with Crippen LogP contribution in [-0.4, -0.2) is 26.0 Å². The number of rotatable bonds is 10. The predicted octanol–water partition coefficient (Wildman–Crippen LogP) is 5.25. The quantitative estimate of drug-likeness (QED) is 0.380. The fraction of sp³-hybridized carbons (Fsp3) is 0.160. The first-order valence-corrected chi connectivity index (χ1v) is 10.4. The Bertz CT molecular complexity index is 1000. The van der Waals surface area contributed by atoms with Crippen molar-refractivity contribution >= 4 is 23.2 Å². The largest absolute Gasteiger partial charge is 0.457 e. The fourth-order valence-corrected chi connectivity index (χ4v) is 3.06. The van der Waals surface area contributed by atoms with E-state index in [0.717, 1.165) is 35.8 Å². The maximum atomic E-state index is 11.6. The summed E-state index contributed by atoms with van der Waals surface area (Å²) in [6.07, 6.45) is 0.898. The Morgan fingerprint density at radius 2 is 1.55 bits per heavy atom. The molecule has 0 unspecified atom stereocenters. The third-order valence-corrected chi connectivity index (χ3v) is 4.85. The standard InChI is InChI=1S/C25H26ClN3O2/c1-18(29-22-9-5-20(6-10-22)25(30)27-2)17-28-16-15-19-3-11-23(12-4-19)31-24-13-7-21(26)8-14-24/h3-14,28-29H,1,15-17H2,2H3,(H,27,30). The van der Waals surface area contributed by atoms with Crippen LogP contribution in [0, 0.1) is 0 Å². The molecular weight excluding hydrogens is 410 g/mol. The molecule has 0 heterocycles. The molecular formula is C25H26ClN3O2. The van der Waals surface area contributed by atoms with Crippen molar-refractivity contribution in [2.45, 2.75) is 6.42 Å². The number of ether oxygens (including phenoxy) is 1. The second-order valence-electron chi connectivity index (χ2n) is 7.01. The van der Waals surface area contributed by atoms with Crippen molar-refractivity contribution in [1.29, 1.82) is 0 Å². The number of hydrogen-bond donors (Lipinski definition) is 3. The van der Waals surface area contributed by atoms with Crippen LogP contribution in [0.4, 0.5) is 5.69 Å². The zero-order valence-corrected chi connectivity index (χ0v) is 18.2. The molecule has 0 saturated carbocycles. The lowest BCUT2D eigenvalue weighted by atomic mass is 10.1. The number of carbonyl (C=O) groups is 1. The molecule has 0 fully saturated rings. The predicted molar refractivity (Wildman–Crippen MR) is 127 cm³/mol. The van der Waals surface area contributed by atoms with Crippen LogP contribution in [0.15, 0.2) is 85.1 Å². The molecule has 0 aromatic heterocycles. The van der Waals surface area contributed by atoms with Gasteiger partial charge in [0.1, 0.15) is 11.5 Å². The van der Waals surface area contributed by atoms with Crippen molar-refractivity contribution in [3.63, 3.8) is 0 Å². The van der Waals surface area contributed by atoms with E-state index in [1.165, 1.54) is 5.56 Å². The summed E-state index contributed by atoms with van der Waals surface area (Å²) in [6.45, 7) is 5.52. The maximum Gasteiger partial charge on any atom is 0.251 e. The lowest BCUT2D eigenvalue weighted by Crippen LogP contribution is -2.22. The molecule has 0 radical (unpaired) electrons. The molecule has 0 aliphatic rings. The van der Waals surface area contributed by atoms with Gasteiger partial charge in [-0.25, -0.2) is 0 Å². The molecule has 3 aromatic rings. The van der Waals surface area contributed by atoms with Crippen LogP contribution >= 0.6 is 11.6 Å². The molecule has 31 heavy (non-hydrogen) atoms. The molecule has 3 aromatic carbocycles. The van der Waals surface area contributed by atoms with Crippen LogP contribution in [0.2, 0.25) is 5.02 Å². The van der Waals surface area contributed by atoms with E-state index < -0.39 is 0 Å². The Kier molecular flexibility index (Phi) is 8.10. The van der Waals surface area contributed by atoms with E-state index in [1.54, 1.807) is 31.3 Å². The van der Waals surface area contributed by atoms with Gasteiger partial charge in [-0.15, -0.1) is 0 Å². The normalized spacial score (nSPS) is 10.4. The molecule has 0 saturated heterocycles. The highest BCUT2D eigenvalue weighted by Gasteiger charge is 2.03. The van der Waals surface area contributed by atoms with Crippen molar-refractivity contribution in [3.05, 3.63) is 101 Å². The maximum absolute atomic E-state index is 11.6. The number of hydrogen-bond acceptors (Lipinski definition) is 4. The van der Waals surface area contributed by atoms with Gasteiger partial charge in [0, 0.05) is 35.6 Å². The van der Waals surface area contributed by atoms with Gasteiger partial charge in [-0.05, 0) is 79.2 Å². The summed E-state index contributed by atoms with van der Waals surface area (Å²) in [7, 11) is 1.62. The smallest absolute Gasteiger partial charge is 0.251 e. The van der Waals surface area contributed by atoms with E-state index in [9.17, 15) is 4.79 Å². The first-order valence-electron chi connectivity index (χ1n) is 10.0. The van der Waals surface area contributed by atoms with Crippen LogP contribution in [0.25, 0.3) is 0 Å². The van der Waals surface area contributed by atoms with E-state index >= 15 is 0 Å². The van der Waals surface area contributed by atoms with Crippen LogP contribution in [0.3, 0.4) is 0 Å². The number of amides is 1. The Labute approximate surface area is 188 Å². The van der Waals surface area contributed by atoms with Crippen molar-refractivity contribution in [2.75, 3.05) is 25.5 Å². The van der Waals surface area contributed by atoms with Crippen LogP contribution in [-0.2, 0) is 6.42 Å². The van der Waals surface area contributed by atoms with Crippen molar-refractivity contribution in [1.82, 2.24) is 10.6 Å². The van der Waals surface area contributed by atoms with Gasteiger partial charge in [0.15, 0.2) is 0 Å². The molecule has 3 N–H and O–H groups in total. The van der Waals surface area contributed by atoms with E-state index in [0.29, 0.717) is 17.1 Å². The zero-order chi connectivity index (χ0) is 22.1. The minimum absolute atomic E-state index is 0.100. The van der Waals surface area contributed by atoms with E-state index in [1.807, 2.05) is 36.4 Å². The topological polar surface area (TPSA) is 62.4 Å². The van der Waals surface area contributed by atoms with Crippen LogP contribution in [0.1, 0.15) is 15.9 Å². The molecule has 0 aliphatic heterocycles. The Morgan fingerprint density at radius 3 is 2.16 bits per heavy atom. The highest BCUT2D eigenvalue weighted by Crippen LogP contribution is 2.23. The molecule has 1 amide bonds. The molecule has 0 aliphatic carbocycles. The SMILES string of the molecule is C=C(CNCCc1ccc(Oc2ccc(Cl)cc2)cc1)Nc1ccc(C(=O)NC)cc1. The average molecular weight is 436 g/mol. The Balaban J connectivity index is 1.37. The van der Waals surface area contributed by atoms with Crippen LogP contribution < -0.4 is 20.7 Å². The van der Waals surface area contributed by atoms with Gasteiger partial charge in [0.25, 0.3) is 5.91 Å². The summed E-state index contributed by atoms with van der Waals surface area (Å²) >= 11 is 5.89. The first kappa shape index (κ1) is 22.4. The average Bonchev–Trinajstić information content (AvgIpc) is 2.79. The molecule has 5 nitrogen and oxygen atoms in total. The van der Waals surface area contributed by atoms with E-state index in [2.05, 4.69) is 34.7 Å². The molecule has 160 valence electrons. The summed E-state index contributed by atoms with van der Waals surface area (Å²) < 4.78 is 5.81. The number of benzene rings is 3. The van der Waals surface area contributed by atoms with Crippen molar-refractivity contribution in [2.24, 2.45) is 0 Å². The minimum atomic E-state index is -0.100. The summed E-state index contributed by atoms with van der Waals surface area (Å²) in [4.78, 5) is 11.6. The molecule has 0 bridgehead atoms. The molecule has 6 heteroatoms. The lowest BCUT2D eigenvalue weighted by Gasteiger charge is -2.12. The minimum Gasteiger partial charge on any atom is -0.457 e. The number of anilines is 1. The molecule has 3 rings (SSSR count). The second kappa shape index (κ2) is 11.2. The van der Waals surface area contributed by atoms with Crippen molar-refractivity contribution < 1.29 is 9.53 Å². The van der Waals surface area contributed by atoms with Gasteiger partial charge in [0.2, 0.25) is 0 Å². The van der Waals surface area contributed by atoms with Gasteiger partial charge in [-0.3, -0.25) is 4.79 Å². The van der Waals surface area contributed by atoms with Gasteiger partial charge < -0.3 is 20.7 Å². The van der Waals surface area contributed by atoms with Gasteiger partial charge in [-0.2, -0.15) is 0 Å². The zero-order valence-electron chi connectivity index (χ0n) is 17.5. The number of halogens is 1. The van der Waals surface area contributed by atoms with Gasteiger partial charge in [0.05, 0.1) is 0 Å². The summed E-state index contributed by atoms with van der Waals surface area (Å²) in [5, 5.41) is 9.92. The number of carbonyl (C=O) groups excluding carboxylic acids is 1. The third-order valence-electron chi connectivity index (χ3n) is 4.60. The van der Waals surface area contributed by atoms with Crippen LogP contribution in [0.5, 0.6) is 11.5 Å². The third kappa shape index (κ3) is 7.17. The first-order chi connectivity index (χ1) is 15.0. The fourth-order valence-electron chi connectivity index (χ4n) is 2.93. The summed E-state index contributed by atoms with van der Waals surface area (Å²) in [5.74, 6) is 1.45. The Morgan fingerprint density at radius 1 is 0.935 bits per heavy atom. The van der Waals surface area contributed by atoms with E-state index in [-0.39, 0.29) is 5.91 Å². The highest BCUT2D eigenvalue weighted by molar-refractivity contribution is 6.30. The second-order valence-corrected chi connectivity index (χ2v) is 7.45. The molecule has 0 spiro atoms. The van der Waals surface area contributed by atoms with Gasteiger partial charge >= 0.3 is 0 Å². The molecule has 0 atom stereocenters. The van der Waals surface area contributed by atoms with Gasteiger partial charge in [-0.1, -0.05) is 30.3 Å². The lowest BCUT2D eigenvalue weighted by molar-refractivity contribution is 0.0963.